The van der Waals surface area contributed by atoms with Crippen LogP contribution in [0.5, 0.6) is 0 Å². The first-order valence-electron chi connectivity index (χ1n) is 11.1. The summed E-state index contributed by atoms with van der Waals surface area (Å²) in [5.74, 6) is -1.10. The van der Waals surface area contributed by atoms with Gasteiger partial charge in [-0.2, -0.15) is 0 Å². The first-order valence-corrected chi connectivity index (χ1v) is 12.0. The van der Waals surface area contributed by atoms with Crippen LogP contribution >= 0.6 is 11.3 Å². The molecule has 2 amide bonds. The molecule has 0 bridgehead atoms. The zero-order valence-corrected chi connectivity index (χ0v) is 20.2. The molecule has 0 radical (unpaired) electrons. The number of fused-ring (bicyclic) bond motifs is 1. The standard InChI is InChI=1S/C25H22N6O4S/c1-3-26-23(34)30-24-29-19-11-15(10-16(21(19)36-24)17-6-4-5-9-27-17)14-7-8-18(28-13-14)20-12-25(2,22(32)33)35-31-20/h4-13,31H,3H2,1-2H3,(H,32,33)(H2,26,29,30,34). The predicted molar refractivity (Wildman–Crippen MR) is 137 cm³/mol. The molecular formula is C25H22N6O4S. The van der Waals surface area contributed by atoms with E-state index in [9.17, 15) is 14.7 Å². The highest BCUT2D eigenvalue weighted by molar-refractivity contribution is 7.22. The molecule has 4 heterocycles. The average molecular weight is 503 g/mol. The molecule has 1 unspecified atom stereocenters. The van der Waals surface area contributed by atoms with E-state index in [0.29, 0.717) is 23.1 Å². The van der Waals surface area contributed by atoms with Gasteiger partial charge in [0.2, 0.25) is 5.60 Å². The van der Waals surface area contributed by atoms with Crippen molar-refractivity contribution in [1.82, 2.24) is 25.7 Å². The number of nitrogens with zero attached hydrogens (tertiary/aromatic N) is 3. The van der Waals surface area contributed by atoms with Gasteiger partial charge in [0.15, 0.2) is 5.13 Å². The summed E-state index contributed by atoms with van der Waals surface area (Å²) in [6, 6.07) is 13.0. The summed E-state index contributed by atoms with van der Waals surface area (Å²) in [5, 5.41) is 15.3. The van der Waals surface area contributed by atoms with Gasteiger partial charge in [0.25, 0.3) is 0 Å². The summed E-state index contributed by atoms with van der Waals surface area (Å²) >= 11 is 1.38. The Morgan fingerprint density at radius 3 is 2.67 bits per heavy atom. The third kappa shape index (κ3) is 4.49. The van der Waals surface area contributed by atoms with Crippen LogP contribution in [0.15, 0.2) is 60.9 Å². The number of carbonyl (C=O) groups excluding carboxylic acids is 1. The molecule has 5 rings (SSSR count). The minimum absolute atomic E-state index is 0.311. The number of anilines is 1. The summed E-state index contributed by atoms with van der Waals surface area (Å²) in [7, 11) is 0. The number of hydrogen-bond donors (Lipinski definition) is 4. The number of thiazole rings is 1. The van der Waals surface area contributed by atoms with Crippen LogP contribution in [0, 0.1) is 0 Å². The lowest BCUT2D eigenvalue weighted by molar-refractivity contribution is -0.159. The number of pyridine rings is 2. The first-order chi connectivity index (χ1) is 17.4. The number of aliphatic carboxylic acids is 1. The number of urea groups is 1. The minimum atomic E-state index is -1.46. The summed E-state index contributed by atoms with van der Waals surface area (Å²) in [6.07, 6.45) is 4.92. The molecule has 1 aliphatic rings. The van der Waals surface area contributed by atoms with Gasteiger partial charge in [-0.05, 0) is 55.8 Å². The van der Waals surface area contributed by atoms with Crippen LogP contribution in [-0.4, -0.2) is 44.2 Å². The molecule has 4 aromatic rings. The minimum Gasteiger partial charge on any atom is -0.479 e. The Labute approximate surface area is 210 Å². The van der Waals surface area contributed by atoms with Crippen molar-refractivity contribution in [1.29, 1.82) is 0 Å². The fraction of sp³-hybridized carbons (Fsp3) is 0.160. The molecule has 0 saturated carbocycles. The van der Waals surface area contributed by atoms with Crippen molar-refractivity contribution in [2.24, 2.45) is 0 Å². The fourth-order valence-corrected chi connectivity index (χ4v) is 4.68. The van der Waals surface area contributed by atoms with E-state index in [1.807, 2.05) is 43.3 Å². The normalized spacial score (nSPS) is 16.9. The van der Waals surface area contributed by atoms with Crippen molar-refractivity contribution >= 4 is 44.4 Å². The Hall–Kier alpha value is -4.35. The molecule has 182 valence electrons. The van der Waals surface area contributed by atoms with Crippen LogP contribution in [0.4, 0.5) is 9.93 Å². The lowest BCUT2D eigenvalue weighted by Gasteiger charge is -2.12. The number of hydroxylamine groups is 1. The van der Waals surface area contributed by atoms with E-state index in [4.69, 9.17) is 4.84 Å². The third-order valence-corrected chi connectivity index (χ3v) is 6.60. The van der Waals surface area contributed by atoms with E-state index < -0.39 is 11.6 Å². The Balaban J connectivity index is 1.53. The van der Waals surface area contributed by atoms with Crippen LogP contribution < -0.4 is 16.1 Å². The second-order valence-corrected chi connectivity index (χ2v) is 9.20. The number of carbonyl (C=O) groups is 2. The predicted octanol–water partition coefficient (Wildman–Crippen LogP) is 4.28. The van der Waals surface area contributed by atoms with E-state index in [2.05, 4.69) is 31.1 Å². The molecule has 1 atom stereocenters. The zero-order valence-electron chi connectivity index (χ0n) is 19.4. The van der Waals surface area contributed by atoms with Crippen molar-refractivity contribution in [3.63, 3.8) is 0 Å². The largest absolute Gasteiger partial charge is 0.479 e. The van der Waals surface area contributed by atoms with Crippen molar-refractivity contribution in [3.8, 4) is 22.4 Å². The molecule has 3 aromatic heterocycles. The van der Waals surface area contributed by atoms with E-state index in [-0.39, 0.29) is 6.03 Å². The highest BCUT2D eigenvalue weighted by Crippen LogP contribution is 2.38. The van der Waals surface area contributed by atoms with Gasteiger partial charge in [0, 0.05) is 30.1 Å². The maximum atomic E-state index is 12.0. The second-order valence-electron chi connectivity index (χ2n) is 8.20. The molecule has 36 heavy (non-hydrogen) atoms. The van der Waals surface area contributed by atoms with Crippen LogP contribution in [0.1, 0.15) is 19.5 Å². The average Bonchev–Trinajstić information content (AvgIpc) is 3.48. The molecule has 11 heteroatoms. The Kier molecular flexibility index (Phi) is 6.08. The van der Waals surface area contributed by atoms with Gasteiger partial charge in [0.1, 0.15) is 0 Å². The molecule has 4 N–H and O–H groups in total. The SMILES string of the molecule is CCNC(=O)Nc1nc2cc(-c3ccc(C4=CC(C)(C(=O)O)ON4)nc3)cc(-c3ccccn3)c2s1. The molecule has 0 spiro atoms. The van der Waals surface area contributed by atoms with E-state index in [1.54, 1.807) is 18.5 Å². The number of benzene rings is 1. The van der Waals surface area contributed by atoms with Crippen LogP contribution in [0.25, 0.3) is 38.3 Å². The zero-order chi connectivity index (χ0) is 25.3. The molecule has 0 saturated heterocycles. The smallest absolute Gasteiger partial charge is 0.342 e. The summed E-state index contributed by atoms with van der Waals surface area (Å²) in [4.78, 5) is 42.3. The van der Waals surface area contributed by atoms with Gasteiger partial charge in [-0.3, -0.25) is 25.6 Å². The molecule has 10 nitrogen and oxygen atoms in total. The Bertz CT molecular complexity index is 1490. The quantitative estimate of drug-likeness (QED) is 0.306. The fourth-order valence-electron chi connectivity index (χ4n) is 3.72. The van der Waals surface area contributed by atoms with Gasteiger partial charge in [0.05, 0.1) is 27.3 Å². The maximum Gasteiger partial charge on any atom is 0.342 e. The molecule has 1 aromatic carbocycles. The summed E-state index contributed by atoms with van der Waals surface area (Å²) < 4.78 is 0.902. The number of carboxylic acids is 1. The summed E-state index contributed by atoms with van der Waals surface area (Å²) in [5.41, 5.74) is 6.33. The van der Waals surface area contributed by atoms with Gasteiger partial charge < -0.3 is 10.4 Å². The van der Waals surface area contributed by atoms with Crippen LogP contribution in [0.2, 0.25) is 0 Å². The van der Waals surface area contributed by atoms with Crippen molar-refractivity contribution in [2.75, 3.05) is 11.9 Å². The van der Waals surface area contributed by atoms with E-state index in [1.165, 1.54) is 24.3 Å². The number of aromatic nitrogens is 3. The number of rotatable bonds is 6. The first kappa shape index (κ1) is 23.4. The monoisotopic (exact) mass is 502 g/mol. The van der Waals surface area contributed by atoms with Gasteiger partial charge in [-0.1, -0.05) is 23.5 Å². The Morgan fingerprint density at radius 1 is 1.14 bits per heavy atom. The van der Waals surface area contributed by atoms with E-state index in [0.717, 1.165) is 32.6 Å². The molecule has 0 fully saturated rings. The van der Waals surface area contributed by atoms with Crippen molar-refractivity contribution < 1.29 is 19.5 Å². The number of nitrogens with one attached hydrogen (secondary N) is 3. The van der Waals surface area contributed by atoms with Gasteiger partial charge in [-0.15, -0.1) is 0 Å². The van der Waals surface area contributed by atoms with Gasteiger partial charge >= 0.3 is 12.0 Å². The Morgan fingerprint density at radius 2 is 2.00 bits per heavy atom. The molecular weight excluding hydrogens is 480 g/mol. The topological polar surface area (TPSA) is 138 Å². The van der Waals surface area contributed by atoms with Crippen LogP contribution in [0.3, 0.4) is 0 Å². The van der Waals surface area contributed by atoms with Crippen molar-refractivity contribution in [3.05, 3.63) is 66.6 Å². The maximum absolute atomic E-state index is 12.0. The number of carboxylic acid groups (broad SMARTS) is 1. The molecule has 1 aliphatic heterocycles. The highest BCUT2D eigenvalue weighted by Gasteiger charge is 2.38. The highest BCUT2D eigenvalue weighted by atomic mass is 32.1. The van der Waals surface area contributed by atoms with Gasteiger partial charge in [-0.25, -0.2) is 14.6 Å². The lowest BCUT2D eigenvalue weighted by Crippen LogP contribution is -2.35. The lowest BCUT2D eigenvalue weighted by atomic mass is 10.0. The third-order valence-electron chi connectivity index (χ3n) is 5.58. The number of amides is 2. The van der Waals surface area contributed by atoms with Crippen molar-refractivity contribution in [2.45, 2.75) is 19.4 Å². The van der Waals surface area contributed by atoms with E-state index >= 15 is 0 Å². The number of hydrogen-bond acceptors (Lipinski definition) is 8. The molecule has 0 aliphatic carbocycles. The van der Waals surface area contributed by atoms with Crippen LogP contribution in [-0.2, 0) is 9.63 Å². The second kappa shape index (κ2) is 9.36. The summed E-state index contributed by atoms with van der Waals surface area (Å²) in [6.45, 7) is 3.82.